The van der Waals surface area contributed by atoms with Crippen LogP contribution in [0.25, 0.3) is 0 Å². The third-order valence-corrected chi connectivity index (χ3v) is 4.30. The van der Waals surface area contributed by atoms with Gasteiger partial charge in [-0.15, -0.1) is 0 Å². The number of likely N-dealkylation sites (N-methyl/N-ethyl adjacent to an activating group) is 1. The summed E-state index contributed by atoms with van der Waals surface area (Å²) >= 11 is 0. The van der Waals surface area contributed by atoms with E-state index in [4.69, 9.17) is 0 Å². The third kappa shape index (κ3) is 4.79. The summed E-state index contributed by atoms with van der Waals surface area (Å²) in [6, 6.07) is 10.1. The van der Waals surface area contributed by atoms with Crippen LogP contribution in [0, 0.1) is 0 Å². The molecule has 1 saturated heterocycles. The lowest BCUT2D eigenvalue weighted by Gasteiger charge is -2.29. The van der Waals surface area contributed by atoms with Crippen molar-refractivity contribution in [2.75, 3.05) is 26.7 Å². The van der Waals surface area contributed by atoms with E-state index in [9.17, 15) is 9.59 Å². The number of likely N-dealkylation sites (tertiary alicyclic amines) is 1. The van der Waals surface area contributed by atoms with Gasteiger partial charge in [-0.3, -0.25) is 14.5 Å². The fourth-order valence-corrected chi connectivity index (χ4v) is 3.11. The Balaban J connectivity index is 2.04. The van der Waals surface area contributed by atoms with Gasteiger partial charge in [0.05, 0.1) is 12.6 Å². The lowest BCUT2D eigenvalue weighted by molar-refractivity contribution is -0.139. The Hall–Kier alpha value is -1.88. The van der Waals surface area contributed by atoms with Crippen LogP contribution < -0.4 is 5.32 Å². The predicted molar refractivity (Wildman–Crippen MR) is 90.8 cm³/mol. The van der Waals surface area contributed by atoms with E-state index in [0.717, 1.165) is 32.4 Å². The number of nitrogens with zero attached hydrogens (tertiary/aromatic N) is 2. The highest BCUT2D eigenvalue weighted by Crippen LogP contribution is 2.22. The van der Waals surface area contributed by atoms with Crippen LogP contribution in [0.3, 0.4) is 0 Å². The van der Waals surface area contributed by atoms with Crippen molar-refractivity contribution in [3.8, 4) is 0 Å². The number of hydrogen-bond donors (Lipinski definition) is 1. The minimum Gasteiger partial charge on any atom is -0.358 e. The summed E-state index contributed by atoms with van der Waals surface area (Å²) in [5.74, 6) is -0.0247. The minimum atomic E-state index is -0.112. The number of benzene rings is 1. The molecular weight excluding hydrogens is 290 g/mol. The largest absolute Gasteiger partial charge is 0.358 e. The standard InChI is InChI=1S/C18H27N3O2/c1-3-11-21(14-17(22)19-2)18(23)16-10-7-12-20(16)13-15-8-5-4-6-9-15/h4-6,8-9,16H,3,7,10-14H2,1-2H3,(H,19,22). The van der Waals surface area contributed by atoms with Gasteiger partial charge in [0.15, 0.2) is 0 Å². The van der Waals surface area contributed by atoms with Gasteiger partial charge >= 0.3 is 0 Å². The topological polar surface area (TPSA) is 52.7 Å². The second-order valence-electron chi connectivity index (χ2n) is 6.05. The molecular formula is C18H27N3O2. The SMILES string of the molecule is CCCN(CC(=O)NC)C(=O)C1CCCN1Cc1ccccc1. The van der Waals surface area contributed by atoms with Crippen LogP contribution >= 0.6 is 0 Å². The summed E-state index contributed by atoms with van der Waals surface area (Å²) < 4.78 is 0. The molecule has 23 heavy (non-hydrogen) atoms. The molecule has 0 aliphatic carbocycles. The van der Waals surface area contributed by atoms with E-state index in [1.807, 2.05) is 25.1 Å². The van der Waals surface area contributed by atoms with E-state index < -0.39 is 0 Å². The average Bonchev–Trinajstić information content (AvgIpc) is 3.02. The quantitative estimate of drug-likeness (QED) is 0.832. The molecule has 0 bridgehead atoms. The number of rotatable bonds is 7. The van der Waals surface area contributed by atoms with Crippen molar-refractivity contribution < 1.29 is 9.59 Å². The Bertz CT molecular complexity index is 518. The highest BCUT2D eigenvalue weighted by molar-refractivity contribution is 5.87. The summed E-state index contributed by atoms with van der Waals surface area (Å²) in [5, 5.41) is 2.60. The lowest BCUT2D eigenvalue weighted by Crippen LogP contribution is -2.48. The Morgan fingerprint density at radius 3 is 2.70 bits per heavy atom. The van der Waals surface area contributed by atoms with Gasteiger partial charge in [0.1, 0.15) is 0 Å². The molecule has 1 N–H and O–H groups in total. The van der Waals surface area contributed by atoms with Gasteiger partial charge < -0.3 is 10.2 Å². The van der Waals surface area contributed by atoms with Gasteiger partial charge in [-0.1, -0.05) is 37.3 Å². The molecule has 2 rings (SSSR count). The maximum atomic E-state index is 12.9. The second kappa shape index (κ2) is 8.67. The van der Waals surface area contributed by atoms with E-state index >= 15 is 0 Å². The van der Waals surface area contributed by atoms with E-state index in [-0.39, 0.29) is 24.4 Å². The van der Waals surface area contributed by atoms with Gasteiger partial charge in [-0.2, -0.15) is 0 Å². The first kappa shape index (κ1) is 17.5. The highest BCUT2D eigenvalue weighted by atomic mass is 16.2. The maximum Gasteiger partial charge on any atom is 0.240 e. The van der Waals surface area contributed by atoms with Crippen molar-refractivity contribution in [3.63, 3.8) is 0 Å². The normalized spacial score (nSPS) is 17.9. The van der Waals surface area contributed by atoms with Crippen molar-refractivity contribution >= 4 is 11.8 Å². The molecule has 5 nitrogen and oxygen atoms in total. The molecule has 1 fully saturated rings. The zero-order valence-corrected chi connectivity index (χ0v) is 14.1. The number of carbonyl (C=O) groups is 2. The van der Waals surface area contributed by atoms with E-state index in [1.165, 1.54) is 5.56 Å². The summed E-state index contributed by atoms with van der Waals surface area (Å²) in [6.45, 7) is 4.53. The summed E-state index contributed by atoms with van der Waals surface area (Å²) in [6.07, 6.45) is 2.76. The molecule has 0 spiro atoms. The molecule has 0 radical (unpaired) electrons. The smallest absolute Gasteiger partial charge is 0.240 e. The summed E-state index contributed by atoms with van der Waals surface area (Å²) in [5.41, 5.74) is 1.22. The average molecular weight is 317 g/mol. The Morgan fingerprint density at radius 2 is 2.04 bits per heavy atom. The fraction of sp³-hybridized carbons (Fsp3) is 0.556. The zero-order chi connectivity index (χ0) is 16.7. The van der Waals surface area contributed by atoms with Crippen molar-refractivity contribution in [3.05, 3.63) is 35.9 Å². The van der Waals surface area contributed by atoms with Crippen molar-refractivity contribution in [1.29, 1.82) is 0 Å². The molecule has 1 heterocycles. The monoisotopic (exact) mass is 317 g/mol. The molecule has 1 aromatic rings. The molecule has 1 atom stereocenters. The Labute approximate surface area is 138 Å². The van der Waals surface area contributed by atoms with Gasteiger partial charge in [0.2, 0.25) is 11.8 Å². The van der Waals surface area contributed by atoms with Gasteiger partial charge in [-0.25, -0.2) is 0 Å². The predicted octanol–water partition coefficient (Wildman–Crippen LogP) is 1.64. The first-order valence-electron chi connectivity index (χ1n) is 8.43. The molecule has 2 amide bonds. The first-order chi connectivity index (χ1) is 11.2. The first-order valence-corrected chi connectivity index (χ1v) is 8.43. The fourth-order valence-electron chi connectivity index (χ4n) is 3.11. The van der Waals surface area contributed by atoms with Crippen molar-refractivity contribution in [1.82, 2.24) is 15.1 Å². The van der Waals surface area contributed by atoms with Crippen molar-refractivity contribution in [2.24, 2.45) is 0 Å². The Kier molecular flexibility index (Phi) is 6.59. The van der Waals surface area contributed by atoms with Crippen LogP contribution in [-0.2, 0) is 16.1 Å². The summed E-state index contributed by atoms with van der Waals surface area (Å²) in [4.78, 5) is 28.5. The second-order valence-corrected chi connectivity index (χ2v) is 6.05. The van der Waals surface area contributed by atoms with E-state index in [0.29, 0.717) is 6.54 Å². The summed E-state index contributed by atoms with van der Waals surface area (Å²) in [7, 11) is 1.61. The van der Waals surface area contributed by atoms with Crippen LogP contribution in [0.15, 0.2) is 30.3 Å². The van der Waals surface area contributed by atoms with Gasteiger partial charge in [0.25, 0.3) is 0 Å². The molecule has 1 unspecified atom stereocenters. The number of carbonyl (C=O) groups excluding carboxylic acids is 2. The van der Waals surface area contributed by atoms with Gasteiger partial charge in [0, 0.05) is 20.1 Å². The molecule has 1 aliphatic rings. The molecule has 126 valence electrons. The minimum absolute atomic E-state index is 0.0869. The van der Waals surface area contributed by atoms with Gasteiger partial charge in [-0.05, 0) is 31.4 Å². The van der Waals surface area contributed by atoms with Crippen LogP contribution in [0.1, 0.15) is 31.7 Å². The molecule has 0 aromatic heterocycles. The molecule has 1 aromatic carbocycles. The number of amides is 2. The lowest BCUT2D eigenvalue weighted by atomic mass is 10.1. The molecule has 1 aliphatic heterocycles. The Morgan fingerprint density at radius 1 is 1.30 bits per heavy atom. The van der Waals surface area contributed by atoms with Crippen molar-refractivity contribution in [2.45, 2.75) is 38.8 Å². The van der Waals surface area contributed by atoms with E-state index in [1.54, 1.807) is 11.9 Å². The van der Waals surface area contributed by atoms with Crippen LogP contribution in [0.5, 0.6) is 0 Å². The highest BCUT2D eigenvalue weighted by Gasteiger charge is 2.33. The third-order valence-electron chi connectivity index (χ3n) is 4.30. The molecule has 0 saturated carbocycles. The zero-order valence-electron chi connectivity index (χ0n) is 14.1. The van der Waals surface area contributed by atoms with E-state index in [2.05, 4.69) is 22.3 Å². The van der Waals surface area contributed by atoms with Crippen LogP contribution in [0.4, 0.5) is 0 Å². The van der Waals surface area contributed by atoms with Crippen LogP contribution in [-0.4, -0.2) is 54.3 Å². The molecule has 5 heteroatoms. The number of hydrogen-bond acceptors (Lipinski definition) is 3. The van der Waals surface area contributed by atoms with Crippen LogP contribution in [0.2, 0.25) is 0 Å². The maximum absolute atomic E-state index is 12.9. The number of nitrogens with one attached hydrogen (secondary N) is 1.